The Bertz CT molecular complexity index is 389. The van der Waals surface area contributed by atoms with Crippen LogP contribution in [0.15, 0.2) is 35.3 Å². The second-order valence-electron chi connectivity index (χ2n) is 3.23. The number of carbonyl (C=O) groups is 1. The average Bonchev–Trinajstić information content (AvgIpc) is 2.14. The Hall–Kier alpha value is -1.36. The van der Waals surface area contributed by atoms with Gasteiger partial charge < -0.3 is 10.4 Å². The molecule has 0 bridgehead atoms. The summed E-state index contributed by atoms with van der Waals surface area (Å²) in [5, 5.41) is 11.0. The Morgan fingerprint density at radius 1 is 1.62 bits per heavy atom. The van der Waals surface area contributed by atoms with Gasteiger partial charge in [0.05, 0.1) is 6.04 Å². The summed E-state index contributed by atoms with van der Waals surface area (Å²) in [6.07, 6.45) is 0.842. The predicted molar refractivity (Wildman–Crippen MR) is 62.8 cm³/mol. The molecule has 1 aromatic rings. The molecule has 0 heterocycles. The molecule has 0 spiro atoms. The molecular weight excluding hydrogens is 277 g/mol. The van der Waals surface area contributed by atoms with Gasteiger partial charge in [-0.15, -0.1) is 6.58 Å². The first-order valence-corrected chi connectivity index (χ1v) is 5.38. The van der Waals surface area contributed by atoms with Gasteiger partial charge in [-0.1, -0.05) is 22.0 Å². The lowest BCUT2D eigenvalue weighted by Gasteiger charge is -2.15. The molecular formula is C11H11BrFNO2. The summed E-state index contributed by atoms with van der Waals surface area (Å²) >= 11 is 3.16. The lowest BCUT2D eigenvalue weighted by atomic mass is 10.0. The van der Waals surface area contributed by atoms with E-state index in [4.69, 9.17) is 5.11 Å². The van der Waals surface area contributed by atoms with Crippen LogP contribution in [-0.4, -0.2) is 11.2 Å². The molecule has 0 saturated heterocycles. The zero-order chi connectivity index (χ0) is 12.1. The fourth-order valence-electron chi connectivity index (χ4n) is 1.37. The zero-order valence-corrected chi connectivity index (χ0v) is 10.00. The van der Waals surface area contributed by atoms with E-state index in [9.17, 15) is 9.18 Å². The number of carboxylic acid groups (broad SMARTS) is 1. The first-order chi connectivity index (χ1) is 7.52. The SMILES string of the molecule is C=CC[C@H](NC(=O)O)c1cc(F)cc(Br)c1. The van der Waals surface area contributed by atoms with Gasteiger partial charge in [0.25, 0.3) is 0 Å². The molecule has 0 aromatic heterocycles. The second kappa shape index (κ2) is 5.65. The number of hydrogen-bond donors (Lipinski definition) is 2. The van der Waals surface area contributed by atoms with E-state index in [0.29, 0.717) is 16.5 Å². The Kier molecular flexibility index (Phi) is 4.49. The molecule has 1 amide bonds. The first-order valence-electron chi connectivity index (χ1n) is 4.59. The minimum absolute atomic E-state index is 0.405. The summed E-state index contributed by atoms with van der Waals surface area (Å²) in [7, 11) is 0. The van der Waals surface area contributed by atoms with Crippen LogP contribution in [0.4, 0.5) is 9.18 Å². The summed E-state index contributed by atoms with van der Waals surface area (Å²) in [6.45, 7) is 3.54. The molecule has 0 radical (unpaired) electrons. The number of amides is 1. The van der Waals surface area contributed by atoms with E-state index in [2.05, 4.69) is 27.8 Å². The topological polar surface area (TPSA) is 49.3 Å². The Balaban J connectivity index is 2.99. The van der Waals surface area contributed by atoms with Crippen LogP contribution in [0.1, 0.15) is 18.0 Å². The lowest BCUT2D eigenvalue weighted by molar-refractivity contribution is 0.190. The maximum absolute atomic E-state index is 13.1. The van der Waals surface area contributed by atoms with Gasteiger partial charge in [0.1, 0.15) is 5.82 Å². The summed E-state index contributed by atoms with van der Waals surface area (Å²) in [5.74, 6) is -0.411. The molecule has 2 N–H and O–H groups in total. The highest BCUT2D eigenvalue weighted by molar-refractivity contribution is 9.10. The monoisotopic (exact) mass is 287 g/mol. The van der Waals surface area contributed by atoms with Crippen molar-refractivity contribution in [1.29, 1.82) is 0 Å². The quantitative estimate of drug-likeness (QED) is 0.833. The first kappa shape index (κ1) is 12.7. The lowest BCUT2D eigenvalue weighted by Crippen LogP contribution is -2.26. The molecule has 0 unspecified atom stereocenters. The maximum atomic E-state index is 13.1. The van der Waals surface area contributed by atoms with Crippen LogP contribution in [0.3, 0.4) is 0 Å². The fraction of sp³-hybridized carbons (Fsp3) is 0.182. The van der Waals surface area contributed by atoms with Crippen LogP contribution in [0, 0.1) is 5.82 Å². The van der Waals surface area contributed by atoms with Gasteiger partial charge in [0.2, 0.25) is 0 Å². The van der Waals surface area contributed by atoms with Crippen LogP contribution in [0.5, 0.6) is 0 Å². The van der Waals surface area contributed by atoms with Crippen molar-refractivity contribution in [3.8, 4) is 0 Å². The van der Waals surface area contributed by atoms with Crippen LogP contribution in [-0.2, 0) is 0 Å². The maximum Gasteiger partial charge on any atom is 0.405 e. The van der Waals surface area contributed by atoms with Crippen LogP contribution in [0.25, 0.3) is 0 Å². The average molecular weight is 288 g/mol. The molecule has 0 aliphatic heterocycles. The van der Waals surface area contributed by atoms with Crippen molar-refractivity contribution in [3.05, 3.63) is 46.7 Å². The molecule has 16 heavy (non-hydrogen) atoms. The van der Waals surface area contributed by atoms with E-state index in [1.807, 2.05) is 0 Å². The third-order valence-corrected chi connectivity index (χ3v) is 2.45. The van der Waals surface area contributed by atoms with E-state index in [0.717, 1.165) is 0 Å². The third kappa shape index (κ3) is 3.66. The molecule has 0 aliphatic carbocycles. The van der Waals surface area contributed by atoms with Gasteiger partial charge in [0, 0.05) is 4.47 Å². The summed E-state index contributed by atoms with van der Waals surface area (Å²) < 4.78 is 13.7. The molecule has 0 fully saturated rings. The fourth-order valence-corrected chi connectivity index (χ4v) is 1.85. The van der Waals surface area contributed by atoms with Crippen molar-refractivity contribution in [2.45, 2.75) is 12.5 Å². The minimum Gasteiger partial charge on any atom is -0.465 e. The second-order valence-corrected chi connectivity index (χ2v) is 4.14. The van der Waals surface area contributed by atoms with Crippen molar-refractivity contribution >= 4 is 22.0 Å². The largest absolute Gasteiger partial charge is 0.465 e. The summed E-state index contributed by atoms with van der Waals surface area (Å²) in [5.41, 5.74) is 0.564. The van der Waals surface area contributed by atoms with E-state index >= 15 is 0 Å². The van der Waals surface area contributed by atoms with Gasteiger partial charge in [-0.3, -0.25) is 0 Å². The minimum atomic E-state index is -1.15. The van der Waals surface area contributed by atoms with Crippen LogP contribution < -0.4 is 5.32 Å². The normalized spacial score (nSPS) is 11.9. The van der Waals surface area contributed by atoms with Gasteiger partial charge in [-0.05, 0) is 30.2 Å². The van der Waals surface area contributed by atoms with Gasteiger partial charge in [0.15, 0.2) is 0 Å². The molecule has 3 nitrogen and oxygen atoms in total. The number of benzene rings is 1. The van der Waals surface area contributed by atoms with Crippen LogP contribution in [0.2, 0.25) is 0 Å². The van der Waals surface area contributed by atoms with E-state index in [1.54, 1.807) is 12.1 Å². The molecule has 0 saturated carbocycles. The van der Waals surface area contributed by atoms with E-state index < -0.39 is 18.0 Å². The number of nitrogens with one attached hydrogen (secondary N) is 1. The Morgan fingerprint density at radius 3 is 2.81 bits per heavy atom. The summed E-state index contributed by atoms with van der Waals surface area (Å²) in [4.78, 5) is 10.6. The van der Waals surface area contributed by atoms with Crippen molar-refractivity contribution in [2.75, 3.05) is 0 Å². The Labute approximate surface area is 101 Å². The van der Waals surface area contributed by atoms with Gasteiger partial charge in [-0.25, -0.2) is 9.18 Å². The highest BCUT2D eigenvalue weighted by Crippen LogP contribution is 2.22. The molecule has 1 rings (SSSR count). The van der Waals surface area contributed by atoms with Gasteiger partial charge >= 0.3 is 6.09 Å². The van der Waals surface area contributed by atoms with Crippen molar-refractivity contribution in [3.63, 3.8) is 0 Å². The van der Waals surface area contributed by atoms with Crippen molar-refractivity contribution in [2.24, 2.45) is 0 Å². The Morgan fingerprint density at radius 2 is 2.31 bits per heavy atom. The van der Waals surface area contributed by atoms with E-state index in [-0.39, 0.29) is 0 Å². The predicted octanol–water partition coefficient (Wildman–Crippen LogP) is 3.47. The molecule has 1 aromatic carbocycles. The van der Waals surface area contributed by atoms with Crippen molar-refractivity contribution < 1.29 is 14.3 Å². The highest BCUT2D eigenvalue weighted by Gasteiger charge is 2.13. The summed E-state index contributed by atoms with van der Waals surface area (Å²) in [6, 6.07) is 3.80. The van der Waals surface area contributed by atoms with Crippen LogP contribution >= 0.6 is 15.9 Å². The molecule has 0 aliphatic rings. The molecule has 5 heteroatoms. The number of hydrogen-bond acceptors (Lipinski definition) is 1. The highest BCUT2D eigenvalue weighted by atomic mass is 79.9. The third-order valence-electron chi connectivity index (χ3n) is 1.99. The standard InChI is InChI=1S/C11H11BrFNO2/c1-2-3-10(14-11(15)16)7-4-8(12)6-9(13)5-7/h2,4-6,10,14H,1,3H2,(H,15,16)/t10-/m0/s1. The molecule has 86 valence electrons. The van der Waals surface area contributed by atoms with E-state index in [1.165, 1.54) is 12.1 Å². The smallest absolute Gasteiger partial charge is 0.405 e. The van der Waals surface area contributed by atoms with Gasteiger partial charge in [-0.2, -0.15) is 0 Å². The number of halogens is 2. The molecule has 1 atom stereocenters. The number of rotatable bonds is 4. The zero-order valence-electron chi connectivity index (χ0n) is 8.41. The van der Waals surface area contributed by atoms with Crippen molar-refractivity contribution in [1.82, 2.24) is 5.32 Å².